The summed E-state index contributed by atoms with van der Waals surface area (Å²) in [6.07, 6.45) is 10.1. The first-order valence-electron chi connectivity index (χ1n) is 21.4. The van der Waals surface area contributed by atoms with Gasteiger partial charge in [0.05, 0.1) is 11.4 Å². The maximum atomic E-state index is 2.46. The van der Waals surface area contributed by atoms with Gasteiger partial charge in [-0.15, -0.1) is 0 Å². The van der Waals surface area contributed by atoms with Crippen molar-refractivity contribution in [2.24, 2.45) is 0 Å². The maximum absolute atomic E-state index is 2.46. The van der Waals surface area contributed by atoms with Crippen LogP contribution in [0.1, 0.15) is 42.5 Å². The minimum atomic E-state index is -0.0636. The second kappa shape index (κ2) is 15.0. The van der Waals surface area contributed by atoms with Gasteiger partial charge in [0.15, 0.2) is 0 Å². The second-order valence-corrected chi connectivity index (χ2v) is 16.8. The van der Waals surface area contributed by atoms with E-state index in [0.717, 1.165) is 23.5 Å². The molecule has 0 radical (unpaired) electrons. The number of hydrogen-bond donors (Lipinski definition) is 0. The summed E-state index contributed by atoms with van der Waals surface area (Å²) in [4.78, 5) is 2.46. The Morgan fingerprint density at radius 3 is 1.80 bits per heavy atom. The van der Waals surface area contributed by atoms with Gasteiger partial charge >= 0.3 is 0 Å². The van der Waals surface area contributed by atoms with Crippen LogP contribution in [0.5, 0.6) is 0 Å². The zero-order valence-electron chi connectivity index (χ0n) is 34.5. The van der Waals surface area contributed by atoms with Crippen molar-refractivity contribution >= 4 is 40.0 Å². The molecule has 1 heteroatoms. The van der Waals surface area contributed by atoms with E-state index in [0.29, 0.717) is 0 Å². The lowest BCUT2D eigenvalue weighted by molar-refractivity contribution is 0.660. The first-order valence-corrected chi connectivity index (χ1v) is 21.4. The third-order valence-corrected chi connectivity index (χ3v) is 12.9. The molecule has 0 N–H and O–H groups in total. The van der Waals surface area contributed by atoms with Gasteiger partial charge in [0, 0.05) is 22.1 Å². The lowest BCUT2D eigenvalue weighted by atomic mass is 9.81. The summed E-state index contributed by atoms with van der Waals surface area (Å²) >= 11 is 0. The molecule has 0 saturated carbocycles. The highest BCUT2D eigenvalue weighted by Gasteiger charge is 2.36. The molecule has 290 valence electrons. The molecule has 9 aromatic carbocycles. The average Bonchev–Trinajstić information content (AvgIpc) is 3.43. The first kappa shape index (κ1) is 36.6. The van der Waals surface area contributed by atoms with E-state index in [1.54, 1.807) is 0 Å². The number of rotatable bonds is 7. The van der Waals surface area contributed by atoms with E-state index >= 15 is 0 Å². The minimum Gasteiger partial charge on any atom is -0.309 e. The van der Waals surface area contributed by atoms with Crippen molar-refractivity contribution in [1.29, 1.82) is 0 Å². The Morgan fingerprint density at radius 2 is 1.00 bits per heavy atom. The Kier molecular flexibility index (Phi) is 8.98. The molecule has 11 rings (SSSR count). The van der Waals surface area contributed by atoms with E-state index in [4.69, 9.17) is 0 Å². The van der Waals surface area contributed by atoms with Gasteiger partial charge in [-0.1, -0.05) is 208 Å². The summed E-state index contributed by atoms with van der Waals surface area (Å²) in [6, 6.07) is 73.7. The molecular formula is C60H45N. The van der Waals surface area contributed by atoms with Gasteiger partial charge in [-0.3, -0.25) is 0 Å². The van der Waals surface area contributed by atoms with Crippen LogP contribution in [0.4, 0.5) is 17.1 Å². The fraction of sp³-hybridized carbons (Fsp3) is 0.0667. The van der Waals surface area contributed by atoms with E-state index in [2.05, 4.69) is 243 Å². The Morgan fingerprint density at radius 1 is 0.393 bits per heavy atom. The van der Waals surface area contributed by atoms with Crippen LogP contribution in [0.25, 0.3) is 78.6 Å². The number of allylic oxidation sites excluding steroid dienone is 2. The number of fused-ring (bicyclic) bond motifs is 5. The Bertz CT molecular complexity index is 3160. The monoisotopic (exact) mass is 779 g/mol. The van der Waals surface area contributed by atoms with E-state index < -0.39 is 0 Å². The quantitative estimate of drug-likeness (QED) is 0.156. The molecule has 0 spiro atoms. The summed E-state index contributed by atoms with van der Waals surface area (Å²) in [5.74, 6) is 0. The summed E-state index contributed by atoms with van der Waals surface area (Å²) in [6.45, 7) is 4.72. The first-order chi connectivity index (χ1) is 30.0. The van der Waals surface area contributed by atoms with Crippen molar-refractivity contribution in [1.82, 2.24) is 0 Å². The van der Waals surface area contributed by atoms with Crippen molar-refractivity contribution in [3.05, 3.63) is 235 Å². The normalized spacial score (nSPS) is 13.3. The molecule has 0 aromatic heterocycles. The van der Waals surface area contributed by atoms with E-state index in [1.807, 2.05) is 0 Å². The molecule has 0 atom stereocenters. The van der Waals surface area contributed by atoms with Gasteiger partial charge in [-0.05, 0) is 114 Å². The second-order valence-electron chi connectivity index (χ2n) is 16.8. The van der Waals surface area contributed by atoms with Crippen molar-refractivity contribution < 1.29 is 0 Å². The van der Waals surface area contributed by atoms with Crippen LogP contribution >= 0.6 is 0 Å². The molecule has 0 heterocycles. The Labute approximate surface area is 359 Å². The molecule has 2 aliphatic rings. The van der Waals surface area contributed by atoms with Crippen molar-refractivity contribution in [3.63, 3.8) is 0 Å². The molecule has 0 saturated heterocycles. The fourth-order valence-electron chi connectivity index (χ4n) is 9.90. The molecular weight excluding hydrogens is 735 g/mol. The predicted octanol–water partition coefficient (Wildman–Crippen LogP) is 16.7. The standard InChI is InChI=1S/C60H45N/c1-60(2)55-29-15-14-27-53(55)59-52(28-17-30-56(59)60)50-37-34-45(40-54(50)44-20-8-4-9-21-44)41-32-35-46(36-33-41)61(57-31-16-23-43-22-12-13-24-48(43)57)58-39-38-47(42-18-6-3-7-19-42)49-25-10-5-11-26-51(49)58/h3-4,6-40H,5H2,1-2H3. The third kappa shape index (κ3) is 6.24. The Balaban J connectivity index is 1.06. The van der Waals surface area contributed by atoms with Gasteiger partial charge in [-0.2, -0.15) is 0 Å². The van der Waals surface area contributed by atoms with Crippen molar-refractivity contribution in [2.75, 3.05) is 4.90 Å². The number of anilines is 3. The summed E-state index contributed by atoms with van der Waals surface area (Å²) < 4.78 is 0. The zero-order chi connectivity index (χ0) is 40.9. The van der Waals surface area contributed by atoms with Crippen molar-refractivity contribution in [3.8, 4) is 55.6 Å². The molecule has 2 aliphatic carbocycles. The molecule has 0 aliphatic heterocycles. The highest BCUT2D eigenvalue weighted by atomic mass is 15.1. The van der Waals surface area contributed by atoms with E-state index in [9.17, 15) is 0 Å². The van der Waals surface area contributed by atoms with Gasteiger partial charge in [0.1, 0.15) is 0 Å². The highest BCUT2D eigenvalue weighted by molar-refractivity contribution is 6.02. The number of hydrogen-bond acceptors (Lipinski definition) is 1. The molecule has 0 amide bonds. The van der Waals surface area contributed by atoms with Crippen LogP contribution in [0, 0.1) is 0 Å². The highest BCUT2D eigenvalue weighted by Crippen LogP contribution is 2.53. The predicted molar refractivity (Wildman–Crippen MR) is 261 cm³/mol. The molecule has 1 nitrogen and oxygen atoms in total. The lowest BCUT2D eigenvalue weighted by Crippen LogP contribution is -2.14. The minimum absolute atomic E-state index is 0.0636. The van der Waals surface area contributed by atoms with Crippen LogP contribution < -0.4 is 4.90 Å². The lowest BCUT2D eigenvalue weighted by Gasteiger charge is -2.30. The molecule has 0 fully saturated rings. The van der Waals surface area contributed by atoms with Crippen LogP contribution in [-0.2, 0) is 5.41 Å². The third-order valence-electron chi connectivity index (χ3n) is 12.9. The molecule has 0 unspecified atom stereocenters. The van der Waals surface area contributed by atoms with Crippen LogP contribution in [0.15, 0.2) is 212 Å². The summed E-state index contributed by atoms with van der Waals surface area (Å²) in [5, 5.41) is 2.43. The molecule has 9 aromatic rings. The van der Waals surface area contributed by atoms with E-state index in [-0.39, 0.29) is 5.41 Å². The van der Waals surface area contributed by atoms with E-state index in [1.165, 1.54) is 88.7 Å². The maximum Gasteiger partial charge on any atom is 0.0540 e. The number of nitrogens with zero attached hydrogens (tertiary/aromatic N) is 1. The largest absolute Gasteiger partial charge is 0.309 e. The smallest absolute Gasteiger partial charge is 0.0540 e. The zero-order valence-corrected chi connectivity index (χ0v) is 34.5. The van der Waals surface area contributed by atoms with Crippen LogP contribution in [-0.4, -0.2) is 0 Å². The van der Waals surface area contributed by atoms with Gasteiger partial charge < -0.3 is 4.90 Å². The van der Waals surface area contributed by atoms with Gasteiger partial charge in [0.2, 0.25) is 0 Å². The van der Waals surface area contributed by atoms with Gasteiger partial charge in [-0.25, -0.2) is 0 Å². The molecule has 61 heavy (non-hydrogen) atoms. The SMILES string of the molecule is CC1(C)c2ccccc2-c2c(-c3ccc(-c4ccc(N(c5ccc(-c6ccccc6)c6c5C=CCC=C6)c5cccc6ccccc56)cc4)cc3-c3ccccc3)cccc21. The topological polar surface area (TPSA) is 3.24 Å². The van der Waals surface area contributed by atoms with Crippen LogP contribution in [0.2, 0.25) is 0 Å². The summed E-state index contributed by atoms with van der Waals surface area (Å²) in [7, 11) is 0. The summed E-state index contributed by atoms with van der Waals surface area (Å²) in [5.41, 5.74) is 21.1. The average molecular weight is 780 g/mol. The Hall–Kier alpha value is -7.48. The number of benzene rings is 9. The molecule has 0 bridgehead atoms. The van der Waals surface area contributed by atoms with Crippen molar-refractivity contribution in [2.45, 2.75) is 25.7 Å². The van der Waals surface area contributed by atoms with Crippen LogP contribution in [0.3, 0.4) is 0 Å². The van der Waals surface area contributed by atoms with Gasteiger partial charge in [0.25, 0.3) is 0 Å². The fourth-order valence-corrected chi connectivity index (χ4v) is 9.90.